The summed E-state index contributed by atoms with van der Waals surface area (Å²) in [5, 5.41) is 13.0. The number of rotatable bonds is 6. The van der Waals surface area contributed by atoms with Gasteiger partial charge in [0.2, 0.25) is 0 Å². The highest BCUT2D eigenvalue weighted by atomic mass is 35.5. The smallest absolute Gasteiger partial charge is 0.435 e. The number of fused-ring (bicyclic) bond motifs is 3. The zero-order valence-corrected chi connectivity index (χ0v) is 21.8. The molecule has 0 aromatic heterocycles. The quantitative estimate of drug-likeness (QED) is 0.136. The summed E-state index contributed by atoms with van der Waals surface area (Å²) >= 11 is 6.76. The Hall–Kier alpha value is -4.38. The molecule has 0 unspecified atom stereocenters. The molecule has 5 aromatic rings. The van der Waals surface area contributed by atoms with Crippen LogP contribution in [0.5, 0.6) is 0 Å². The number of halogens is 1. The Kier molecular flexibility index (Phi) is 6.65. The molecule has 0 bridgehead atoms. The number of carbonyl (C=O) groups is 1. The van der Waals surface area contributed by atoms with Crippen molar-refractivity contribution in [1.82, 2.24) is 5.06 Å². The average Bonchev–Trinajstić information content (AvgIpc) is 3.32. The number of ether oxygens (including phenoxy) is 1. The number of hydrogen-bond donors (Lipinski definition) is 1. The monoisotopic (exact) mass is 531 g/mol. The summed E-state index contributed by atoms with van der Waals surface area (Å²) in [7, 11) is 0. The predicted octanol–water partition coefficient (Wildman–Crippen LogP) is 8.27. The van der Waals surface area contributed by atoms with Crippen LogP contribution >= 0.6 is 11.6 Å². The van der Waals surface area contributed by atoms with Crippen LogP contribution in [-0.2, 0) is 10.3 Å². The van der Waals surface area contributed by atoms with E-state index in [9.17, 15) is 10.0 Å². The minimum atomic E-state index is -1.45. The fourth-order valence-electron chi connectivity index (χ4n) is 5.74. The number of carbonyl (C=O) groups excluding carboxylic acids is 1. The van der Waals surface area contributed by atoms with Gasteiger partial charge in [0.25, 0.3) is 0 Å². The van der Waals surface area contributed by atoms with Crippen molar-refractivity contribution in [3.8, 4) is 11.1 Å². The lowest BCUT2D eigenvalue weighted by atomic mass is 9.76. The zero-order valence-electron chi connectivity index (χ0n) is 21.1. The van der Waals surface area contributed by atoms with Gasteiger partial charge in [0.15, 0.2) is 0 Å². The lowest BCUT2D eigenvalue weighted by molar-refractivity contribution is -0.124. The third-order valence-electron chi connectivity index (χ3n) is 7.47. The van der Waals surface area contributed by atoms with Gasteiger partial charge in [-0.2, -0.15) is 5.06 Å². The molecule has 1 aliphatic rings. The molecule has 1 N–H and O–H groups in total. The second-order valence-electron chi connectivity index (χ2n) is 9.54. The molecule has 0 fully saturated rings. The van der Waals surface area contributed by atoms with Crippen molar-refractivity contribution in [2.75, 3.05) is 6.61 Å². The molecule has 0 heterocycles. The Morgan fingerprint density at radius 3 is 1.69 bits per heavy atom. The third-order valence-corrected chi connectivity index (χ3v) is 7.80. The molecule has 0 saturated carbocycles. The summed E-state index contributed by atoms with van der Waals surface area (Å²) in [4.78, 5) is 13.8. The van der Waals surface area contributed by atoms with Crippen LogP contribution in [0.2, 0.25) is 5.02 Å². The molecule has 0 atom stereocenters. The Bertz CT molecular complexity index is 1540. The van der Waals surface area contributed by atoms with Crippen LogP contribution in [0.4, 0.5) is 4.79 Å². The van der Waals surface area contributed by atoms with Gasteiger partial charge in [-0.15, -0.1) is 0 Å². The van der Waals surface area contributed by atoms with E-state index in [1.54, 1.807) is 6.07 Å². The molecule has 0 saturated heterocycles. The second kappa shape index (κ2) is 10.4. The van der Waals surface area contributed by atoms with Gasteiger partial charge in [-0.05, 0) is 39.4 Å². The van der Waals surface area contributed by atoms with Gasteiger partial charge in [-0.1, -0.05) is 139 Å². The molecule has 6 rings (SSSR count). The topological polar surface area (TPSA) is 49.8 Å². The van der Waals surface area contributed by atoms with E-state index in [4.69, 9.17) is 16.3 Å². The molecule has 0 radical (unpaired) electrons. The first-order valence-corrected chi connectivity index (χ1v) is 13.2. The van der Waals surface area contributed by atoms with Crippen molar-refractivity contribution in [2.24, 2.45) is 0 Å². The van der Waals surface area contributed by atoms with Crippen molar-refractivity contribution >= 4 is 17.7 Å². The van der Waals surface area contributed by atoms with Crippen molar-refractivity contribution in [3.63, 3.8) is 0 Å². The van der Waals surface area contributed by atoms with Crippen LogP contribution in [-0.4, -0.2) is 23.0 Å². The van der Waals surface area contributed by atoms with Crippen molar-refractivity contribution in [2.45, 2.75) is 11.5 Å². The van der Waals surface area contributed by atoms with Gasteiger partial charge >= 0.3 is 6.09 Å². The van der Waals surface area contributed by atoms with Crippen molar-refractivity contribution in [3.05, 3.63) is 166 Å². The van der Waals surface area contributed by atoms with Crippen LogP contribution in [0.1, 0.15) is 33.7 Å². The average molecular weight is 532 g/mol. The maximum absolute atomic E-state index is 13.8. The molecule has 0 spiro atoms. The predicted molar refractivity (Wildman–Crippen MR) is 153 cm³/mol. The van der Waals surface area contributed by atoms with Gasteiger partial charge in [-0.3, -0.25) is 5.21 Å². The number of benzene rings is 5. The van der Waals surface area contributed by atoms with Crippen LogP contribution < -0.4 is 0 Å². The molecule has 1 amide bonds. The summed E-state index contributed by atoms with van der Waals surface area (Å²) in [6.07, 6.45) is -0.871. The Balaban J connectivity index is 1.42. The fraction of sp³-hybridized carbons (Fsp3) is 0.0882. The highest BCUT2D eigenvalue weighted by Crippen LogP contribution is 2.46. The minimum Gasteiger partial charge on any atom is -0.447 e. The Morgan fingerprint density at radius 1 is 0.692 bits per heavy atom. The van der Waals surface area contributed by atoms with Gasteiger partial charge in [0.1, 0.15) is 12.1 Å². The summed E-state index contributed by atoms with van der Waals surface area (Å²) < 4.78 is 5.91. The highest BCUT2D eigenvalue weighted by molar-refractivity contribution is 6.31. The Labute approximate surface area is 232 Å². The third kappa shape index (κ3) is 4.19. The van der Waals surface area contributed by atoms with E-state index in [0.29, 0.717) is 26.8 Å². The lowest BCUT2D eigenvalue weighted by Crippen LogP contribution is -2.50. The van der Waals surface area contributed by atoms with E-state index < -0.39 is 11.6 Å². The molecule has 0 aliphatic heterocycles. The highest BCUT2D eigenvalue weighted by Gasteiger charge is 2.47. The van der Waals surface area contributed by atoms with Gasteiger partial charge in [0.05, 0.1) is 0 Å². The van der Waals surface area contributed by atoms with E-state index in [-0.39, 0.29) is 12.5 Å². The van der Waals surface area contributed by atoms with E-state index in [0.717, 1.165) is 22.3 Å². The van der Waals surface area contributed by atoms with Crippen LogP contribution in [0, 0.1) is 0 Å². The van der Waals surface area contributed by atoms with Crippen LogP contribution in [0.25, 0.3) is 11.1 Å². The summed E-state index contributed by atoms with van der Waals surface area (Å²) in [5.74, 6) is -0.141. The number of hydrogen-bond acceptors (Lipinski definition) is 3. The molecular weight excluding hydrogens is 506 g/mol. The fourth-order valence-corrected chi connectivity index (χ4v) is 6.01. The van der Waals surface area contributed by atoms with Gasteiger partial charge in [0, 0.05) is 16.5 Å². The maximum atomic E-state index is 13.8. The van der Waals surface area contributed by atoms with E-state index in [2.05, 4.69) is 24.3 Å². The first-order valence-electron chi connectivity index (χ1n) is 12.8. The normalized spacial score (nSPS) is 12.5. The Morgan fingerprint density at radius 2 is 1.15 bits per heavy atom. The number of amides is 1. The first-order chi connectivity index (χ1) is 19.1. The maximum Gasteiger partial charge on any atom is 0.435 e. The van der Waals surface area contributed by atoms with Gasteiger partial charge < -0.3 is 4.74 Å². The van der Waals surface area contributed by atoms with E-state index in [1.165, 1.54) is 0 Å². The molecule has 4 nitrogen and oxygen atoms in total. The molecule has 5 aromatic carbocycles. The first kappa shape index (κ1) is 24.9. The van der Waals surface area contributed by atoms with Crippen molar-refractivity contribution < 1.29 is 14.7 Å². The number of nitrogens with zero attached hydrogens (tertiary/aromatic N) is 1. The molecule has 1 aliphatic carbocycles. The SMILES string of the molecule is O=C(OCC1c2ccccc2-c2ccccc21)N(O)C(c1ccccc1)(c1ccccc1)c1ccccc1Cl. The van der Waals surface area contributed by atoms with Gasteiger partial charge in [-0.25, -0.2) is 4.79 Å². The largest absolute Gasteiger partial charge is 0.447 e. The molecule has 39 heavy (non-hydrogen) atoms. The van der Waals surface area contributed by atoms with E-state index >= 15 is 0 Å². The summed E-state index contributed by atoms with van der Waals surface area (Å²) in [6, 6.07) is 42.3. The standard InChI is InChI=1S/C34H26ClNO3/c35-32-22-12-11-21-31(32)34(24-13-3-1-4-14-24,25-15-5-2-6-16-25)36(38)33(37)39-23-30-28-19-9-7-17-26(28)27-18-8-10-20-29(27)30/h1-22,30,38H,23H2. The van der Waals surface area contributed by atoms with Crippen molar-refractivity contribution in [1.29, 1.82) is 0 Å². The second-order valence-corrected chi connectivity index (χ2v) is 9.95. The summed E-state index contributed by atoms with van der Waals surface area (Å²) in [5.41, 5.74) is 4.89. The molecular formula is C34H26ClNO3. The summed E-state index contributed by atoms with van der Waals surface area (Å²) in [6.45, 7) is 0.0755. The van der Waals surface area contributed by atoms with E-state index in [1.807, 2.05) is 103 Å². The molecule has 5 heteroatoms. The molecule has 192 valence electrons. The number of hydroxylamine groups is 2. The van der Waals surface area contributed by atoms with Crippen LogP contribution in [0.3, 0.4) is 0 Å². The lowest BCUT2D eigenvalue weighted by Gasteiger charge is -2.41. The zero-order chi connectivity index (χ0) is 26.8. The van der Waals surface area contributed by atoms with Crippen LogP contribution in [0.15, 0.2) is 133 Å². The minimum absolute atomic E-state index is 0.0755.